The number of aromatic nitrogens is 5. The Kier molecular flexibility index (Phi) is 4.31. The van der Waals surface area contributed by atoms with Crippen molar-refractivity contribution in [3.63, 3.8) is 0 Å². The van der Waals surface area contributed by atoms with Crippen LogP contribution in [0.25, 0.3) is 11.4 Å². The fraction of sp³-hybridized carbons (Fsp3) is 0.444. The maximum Gasteiger partial charge on any atom is 0.227 e. The molecule has 0 N–H and O–H groups in total. The fourth-order valence-corrected chi connectivity index (χ4v) is 3.26. The molecule has 0 bridgehead atoms. The third kappa shape index (κ3) is 3.46. The Hall–Kier alpha value is -2.54. The minimum absolute atomic E-state index is 0.576. The monoisotopic (exact) mass is 338 g/mol. The van der Waals surface area contributed by atoms with Crippen LogP contribution in [0.1, 0.15) is 24.1 Å². The average Bonchev–Trinajstić information content (AvgIpc) is 3.20. The molecule has 0 unspecified atom stereocenters. The summed E-state index contributed by atoms with van der Waals surface area (Å²) in [7, 11) is 0. The van der Waals surface area contributed by atoms with Crippen LogP contribution in [-0.2, 0) is 19.5 Å². The number of pyridine rings is 1. The maximum atomic E-state index is 5.40. The SMILES string of the molecule is CCn1cc(CN2CC(Cc3nc(-c4ccncc4)no3)C2)c(C)n1. The van der Waals surface area contributed by atoms with Gasteiger partial charge in [-0.25, -0.2) is 0 Å². The smallest absolute Gasteiger partial charge is 0.227 e. The van der Waals surface area contributed by atoms with Gasteiger partial charge in [0.1, 0.15) is 0 Å². The summed E-state index contributed by atoms with van der Waals surface area (Å²) >= 11 is 0. The second-order valence-electron chi connectivity index (χ2n) is 6.61. The summed E-state index contributed by atoms with van der Waals surface area (Å²) in [4.78, 5) is 10.9. The van der Waals surface area contributed by atoms with Gasteiger partial charge in [-0.3, -0.25) is 14.6 Å². The first kappa shape index (κ1) is 16.0. The van der Waals surface area contributed by atoms with Crippen molar-refractivity contribution in [3.05, 3.63) is 47.9 Å². The minimum Gasteiger partial charge on any atom is -0.339 e. The standard InChI is InChI=1S/C18H22N6O/c1-3-24-12-16(13(2)21-24)11-23-9-14(10-23)8-17-20-18(22-25-17)15-4-6-19-7-5-15/h4-7,12,14H,3,8-11H2,1-2H3. The van der Waals surface area contributed by atoms with Crippen molar-refractivity contribution in [2.75, 3.05) is 13.1 Å². The van der Waals surface area contributed by atoms with Crippen LogP contribution in [-0.4, -0.2) is 42.9 Å². The highest BCUT2D eigenvalue weighted by Crippen LogP contribution is 2.24. The summed E-state index contributed by atoms with van der Waals surface area (Å²) in [6.45, 7) is 8.20. The average molecular weight is 338 g/mol. The van der Waals surface area contributed by atoms with Crippen molar-refractivity contribution < 1.29 is 4.52 Å². The highest BCUT2D eigenvalue weighted by atomic mass is 16.5. The number of hydrogen-bond acceptors (Lipinski definition) is 6. The predicted octanol–water partition coefficient (Wildman–Crippen LogP) is 2.33. The molecule has 0 radical (unpaired) electrons. The van der Waals surface area contributed by atoms with Crippen LogP contribution in [0.5, 0.6) is 0 Å². The molecule has 1 fully saturated rings. The van der Waals surface area contributed by atoms with Gasteiger partial charge in [-0.15, -0.1) is 0 Å². The lowest BCUT2D eigenvalue weighted by molar-refractivity contribution is 0.0864. The molecular weight excluding hydrogens is 316 g/mol. The van der Waals surface area contributed by atoms with E-state index in [9.17, 15) is 0 Å². The molecule has 4 rings (SSSR count). The topological polar surface area (TPSA) is 72.9 Å². The van der Waals surface area contributed by atoms with E-state index >= 15 is 0 Å². The van der Waals surface area contributed by atoms with E-state index in [0.717, 1.165) is 43.9 Å². The molecule has 7 heteroatoms. The molecule has 4 heterocycles. The molecule has 0 atom stereocenters. The van der Waals surface area contributed by atoms with Crippen LogP contribution in [0.15, 0.2) is 35.2 Å². The van der Waals surface area contributed by atoms with Gasteiger partial charge in [0.05, 0.1) is 5.69 Å². The second kappa shape index (κ2) is 6.76. The van der Waals surface area contributed by atoms with Crippen molar-refractivity contribution in [1.82, 2.24) is 29.8 Å². The van der Waals surface area contributed by atoms with E-state index in [4.69, 9.17) is 4.52 Å². The number of likely N-dealkylation sites (tertiary alicyclic amines) is 1. The Morgan fingerprint density at radius 2 is 2.04 bits per heavy atom. The predicted molar refractivity (Wildman–Crippen MR) is 92.6 cm³/mol. The number of aryl methyl sites for hydroxylation is 2. The maximum absolute atomic E-state index is 5.40. The first-order chi connectivity index (χ1) is 12.2. The van der Waals surface area contributed by atoms with Gasteiger partial charge in [-0.2, -0.15) is 10.1 Å². The summed E-state index contributed by atoms with van der Waals surface area (Å²) in [5.74, 6) is 1.93. The lowest BCUT2D eigenvalue weighted by Crippen LogP contribution is -2.46. The molecule has 3 aromatic rings. The van der Waals surface area contributed by atoms with Crippen LogP contribution in [0.2, 0.25) is 0 Å². The summed E-state index contributed by atoms with van der Waals surface area (Å²) in [5, 5.41) is 8.58. The lowest BCUT2D eigenvalue weighted by atomic mass is 9.95. The molecule has 0 saturated carbocycles. The Bertz CT molecular complexity index is 834. The van der Waals surface area contributed by atoms with Gasteiger partial charge >= 0.3 is 0 Å². The number of hydrogen-bond donors (Lipinski definition) is 0. The first-order valence-electron chi connectivity index (χ1n) is 8.69. The zero-order valence-electron chi connectivity index (χ0n) is 14.6. The highest BCUT2D eigenvalue weighted by Gasteiger charge is 2.29. The van der Waals surface area contributed by atoms with E-state index in [-0.39, 0.29) is 0 Å². The van der Waals surface area contributed by atoms with Crippen molar-refractivity contribution in [2.45, 2.75) is 33.4 Å². The third-order valence-corrected chi connectivity index (χ3v) is 4.67. The molecule has 0 spiro atoms. The highest BCUT2D eigenvalue weighted by molar-refractivity contribution is 5.52. The molecule has 3 aromatic heterocycles. The molecule has 0 aliphatic carbocycles. The Labute approximate surface area is 146 Å². The van der Waals surface area contributed by atoms with E-state index in [1.165, 1.54) is 5.56 Å². The summed E-state index contributed by atoms with van der Waals surface area (Å²) in [6, 6.07) is 3.77. The van der Waals surface area contributed by atoms with E-state index < -0.39 is 0 Å². The Balaban J connectivity index is 1.30. The Morgan fingerprint density at radius 1 is 1.24 bits per heavy atom. The van der Waals surface area contributed by atoms with Gasteiger partial charge < -0.3 is 4.52 Å². The van der Waals surface area contributed by atoms with E-state index in [1.54, 1.807) is 12.4 Å². The van der Waals surface area contributed by atoms with Crippen LogP contribution >= 0.6 is 0 Å². The van der Waals surface area contributed by atoms with E-state index in [0.29, 0.717) is 17.6 Å². The summed E-state index contributed by atoms with van der Waals surface area (Å²) < 4.78 is 7.40. The van der Waals surface area contributed by atoms with Gasteiger partial charge in [-0.05, 0) is 31.9 Å². The largest absolute Gasteiger partial charge is 0.339 e. The zero-order chi connectivity index (χ0) is 17.2. The molecular formula is C18H22N6O. The van der Waals surface area contributed by atoms with Crippen LogP contribution < -0.4 is 0 Å². The molecule has 7 nitrogen and oxygen atoms in total. The minimum atomic E-state index is 0.576. The molecule has 1 aliphatic rings. The van der Waals surface area contributed by atoms with Crippen molar-refractivity contribution >= 4 is 0 Å². The molecule has 25 heavy (non-hydrogen) atoms. The van der Waals surface area contributed by atoms with Crippen LogP contribution in [0.4, 0.5) is 0 Å². The van der Waals surface area contributed by atoms with Crippen molar-refractivity contribution in [3.8, 4) is 11.4 Å². The van der Waals surface area contributed by atoms with Gasteiger partial charge in [0.25, 0.3) is 0 Å². The summed E-state index contributed by atoms with van der Waals surface area (Å²) in [5.41, 5.74) is 3.38. The Morgan fingerprint density at radius 3 is 2.76 bits per heavy atom. The van der Waals surface area contributed by atoms with Gasteiger partial charge in [0.15, 0.2) is 0 Å². The zero-order valence-corrected chi connectivity index (χ0v) is 14.6. The second-order valence-corrected chi connectivity index (χ2v) is 6.61. The fourth-order valence-electron chi connectivity index (χ4n) is 3.26. The molecule has 130 valence electrons. The van der Waals surface area contributed by atoms with Crippen LogP contribution in [0.3, 0.4) is 0 Å². The van der Waals surface area contributed by atoms with Crippen molar-refractivity contribution in [2.24, 2.45) is 5.92 Å². The van der Waals surface area contributed by atoms with Gasteiger partial charge in [-0.1, -0.05) is 5.16 Å². The molecule has 1 saturated heterocycles. The summed E-state index contributed by atoms with van der Waals surface area (Å²) in [6.07, 6.45) is 6.46. The first-order valence-corrected chi connectivity index (χ1v) is 8.69. The van der Waals surface area contributed by atoms with Crippen LogP contribution in [0, 0.1) is 12.8 Å². The normalized spacial score (nSPS) is 15.4. The number of nitrogens with zero attached hydrogens (tertiary/aromatic N) is 6. The molecule has 1 aliphatic heterocycles. The van der Waals surface area contributed by atoms with Crippen molar-refractivity contribution in [1.29, 1.82) is 0 Å². The number of rotatable bonds is 6. The molecule has 0 amide bonds. The molecule has 0 aromatic carbocycles. The lowest BCUT2D eigenvalue weighted by Gasteiger charge is -2.38. The van der Waals surface area contributed by atoms with E-state index in [1.807, 2.05) is 16.8 Å². The third-order valence-electron chi connectivity index (χ3n) is 4.67. The van der Waals surface area contributed by atoms with Gasteiger partial charge in [0, 0.05) is 62.3 Å². The quantitative estimate of drug-likeness (QED) is 0.687. The van der Waals surface area contributed by atoms with Gasteiger partial charge in [0.2, 0.25) is 11.7 Å². The van der Waals surface area contributed by atoms with E-state index in [2.05, 4.69) is 45.2 Å².